The fourth-order valence-corrected chi connectivity index (χ4v) is 0.709. The first-order chi connectivity index (χ1) is 7.75. The minimum atomic E-state index is -4.97. The van der Waals surface area contributed by atoms with E-state index >= 15 is 0 Å². The lowest BCUT2D eigenvalue weighted by Crippen LogP contribution is -2.25. The average Bonchev–Trinajstić information content (AvgIpc) is 2.20. The Balaban J connectivity index is 3.48. The Labute approximate surface area is 97.1 Å². The van der Waals surface area contributed by atoms with Crippen molar-refractivity contribution in [1.29, 1.82) is 0 Å². The highest BCUT2D eigenvalue weighted by atomic mass is 19.4. The van der Waals surface area contributed by atoms with Gasteiger partial charge in [-0.15, -0.1) is 0 Å². The number of alkyl halides is 3. The quantitative estimate of drug-likeness (QED) is 0.537. The molecule has 0 aliphatic heterocycles. The van der Waals surface area contributed by atoms with Gasteiger partial charge in [-0.25, -0.2) is 4.79 Å². The Kier molecular flexibility index (Phi) is 6.60. The number of carbonyl (C=O) groups is 2. The lowest BCUT2D eigenvalue weighted by atomic mass is 10.2. The molecule has 4 nitrogen and oxygen atoms in total. The van der Waals surface area contributed by atoms with Gasteiger partial charge < -0.3 is 9.47 Å². The van der Waals surface area contributed by atoms with Crippen LogP contribution in [-0.2, 0) is 19.1 Å². The Hall–Kier alpha value is -1.27. The molecule has 99 valence electrons. The van der Waals surface area contributed by atoms with Crippen molar-refractivity contribution in [2.75, 3.05) is 13.2 Å². The van der Waals surface area contributed by atoms with Gasteiger partial charge in [-0.3, -0.25) is 4.79 Å². The average molecular weight is 255 g/mol. The van der Waals surface area contributed by atoms with Crippen molar-refractivity contribution in [3.05, 3.63) is 6.42 Å². The van der Waals surface area contributed by atoms with Crippen LogP contribution >= 0.6 is 0 Å². The van der Waals surface area contributed by atoms with Crippen molar-refractivity contribution >= 4 is 11.9 Å². The van der Waals surface area contributed by atoms with Gasteiger partial charge in [0.25, 0.3) is 0 Å². The molecule has 0 aromatic rings. The second-order valence-corrected chi connectivity index (χ2v) is 3.50. The highest BCUT2D eigenvalue weighted by molar-refractivity contribution is 5.75. The molecule has 1 radical (unpaired) electrons. The van der Waals surface area contributed by atoms with E-state index in [4.69, 9.17) is 4.74 Å². The van der Waals surface area contributed by atoms with Crippen molar-refractivity contribution < 1.29 is 32.2 Å². The Morgan fingerprint density at radius 1 is 1.24 bits per heavy atom. The van der Waals surface area contributed by atoms with Gasteiger partial charge in [0.1, 0.15) is 0 Å². The number of esters is 2. The molecule has 0 aliphatic rings. The highest BCUT2D eigenvalue weighted by Crippen LogP contribution is 2.16. The molecule has 0 amide bonds. The number of unbranched alkanes of at least 4 members (excludes halogenated alkanes) is 1. The van der Waals surface area contributed by atoms with E-state index in [1.807, 2.05) is 0 Å². The number of rotatable bonds is 6. The van der Waals surface area contributed by atoms with E-state index in [0.29, 0.717) is 0 Å². The summed E-state index contributed by atoms with van der Waals surface area (Å²) in [6.07, 6.45) is -3.46. The lowest BCUT2D eigenvalue weighted by Gasteiger charge is -2.08. The fourth-order valence-electron chi connectivity index (χ4n) is 0.709. The van der Waals surface area contributed by atoms with Crippen LogP contribution in [0.4, 0.5) is 13.2 Å². The minimum Gasteiger partial charge on any atom is -0.465 e. The lowest BCUT2D eigenvalue weighted by molar-refractivity contribution is -0.198. The number of hydrogen-bond donors (Lipinski definition) is 0. The summed E-state index contributed by atoms with van der Waals surface area (Å²) in [6, 6.07) is 0. The van der Waals surface area contributed by atoms with Crippen LogP contribution in [0.5, 0.6) is 0 Å². The van der Waals surface area contributed by atoms with Gasteiger partial charge in [0, 0.05) is 6.42 Å². The third kappa shape index (κ3) is 7.59. The minimum absolute atomic E-state index is 0.0561. The van der Waals surface area contributed by atoms with E-state index in [0.717, 1.165) is 0 Å². The van der Waals surface area contributed by atoms with Crippen LogP contribution in [0.3, 0.4) is 0 Å². The summed E-state index contributed by atoms with van der Waals surface area (Å²) in [7, 11) is 0. The summed E-state index contributed by atoms with van der Waals surface area (Å²) in [4.78, 5) is 21.2. The largest absolute Gasteiger partial charge is 0.490 e. The second-order valence-electron chi connectivity index (χ2n) is 3.50. The zero-order valence-corrected chi connectivity index (χ0v) is 9.54. The van der Waals surface area contributed by atoms with Crippen molar-refractivity contribution in [3.8, 4) is 0 Å². The molecule has 0 saturated heterocycles. The van der Waals surface area contributed by atoms with Gasteiger partial charge in [-0.05, 0) is 6.42 Å². The van der Waals surface area contributed by atoms with Crippen molar-refractivity contribution in [1.82, 2.24) is 0 Å². The van der Waals surface area contributed by atoms with Crippen molar-refractivity contribution in [2.24, 2.45) is 5.92 Å². The predicted molar refractivity (Wildman–Crippen MR) is 51.7 cm³/mol. The molecule has 0 fully saturated rings. The third-order valence-corrected chi connectivity index (χ3v) is 1.60. The van der Waals surface area contributed by atoms with Gasteiger partial charge in [0.2, 0.25) is 0 Å². The van der Waals surface area contributed by atoms with Gasteiger partial charge >= 0.3 is 18.1 Å². The SMILES string of the molecule is CC(C)C(=O)OCC[CH]COC(=O)C(F)(F)F. The van der Waals surface area contributed by atoms with E-state index < -0.39 is 18.8 Å². The fraction of sp³-hybridized carbons (Fsp3) is 0.700. The maximum atomic E-state index is 11.7. The van der Waals surface area contributed by atoms with E-state index in [1.165, 1.54) is 6.42 Å². The first kappa shape index (κ1) is 15.7. The number of carbonyl (C=O) groups excluding carboxylic acids is 2. The van der Waals surface area contributed by atoms with Gasteiger partial charge in [-0.2, -0.15) is 13.2 Å². The maximum Gasteiger partial charge on any atom is 0.490 e. The van der Waals surface area contributed by atoms with E-state index in [9.17, 15) is 22.8 Å². The number of hydrogen-bond acceptors (Lipinski definition) is 4. The van der Waals surface area contributed by atoms with Crippen molar-refractivity contribution in [3.63, 3.8) is 0 Å². The molecule has 0 aromatic heterocycles. The summed E-state index contributed by atoms with van der Waals surface area (Å²) in [6.45, 7) is 2.92. The molecular formula is C10H14F3O4. The van der Waals surface area contributed by atoms with Crippen LogP contribution in [0.2, 0.25) is 0 Å². The second kappa shape index (κ2) is 7.13. The molecule has 0 saturated carbocycles. The Bertz CT molecular complexity index is 261. The van der Waals surface area contributed by atoms with Gasteiger partial charge in [0.15, 0.2) is 0 Å². The summed E-state index contributed by atoms with van der Waals surface area (Å²) >= 11 is 0. The molecule has 0 heterocycles. The van der Waals surface area contributed by atoms with Crippen LogP contribution in [0.15, 0.2) is 0 Å². The summed E-state index contributed by atoms with van der Waals surface area (Å²) in [5, 5.41) is 0. The Morgan fingerprint density at radius 2 is 1.82 bits per heavy atom. The zero-order chi connectivity index (χ0) is 13.5. The monoisotopic (exact) mass is 255 g/mol. The standard InChI is InChI=1S/C10H14F3O4/c1-7(2)8(14)16-5-3-4-6-17-9(15)10(11,12)13/h4,7H,3,5-6H2,1-2H3. The molecule has 0 N–H and O–H groups in total. The first-order valence-corrected chi connectivity index (χ1v) is 4.97. The topological polar surface area (TPSA) is 52.6 Å². The van der Waals surface area contributed by atoms with Crippen LogP contribution in [-0.4, -0.2) is 31.3 Å². The molecule has 0 unspecified atom stereocenters. The van der Waals surface area contributed by atoms with Crippen LogP contribution < -0.4 is 0 Å². The zero-order valence-electron chi connectivity index (χ0n) is 9.54. The molecule has 0 aromatic carbocycles. The molecular weight excluding hydrogens is 241 g/mol. The summed E-state index contributed by atoms with van der Waals surface area (Å²) in [5.74, 6) is -2.86. The van der Waals surface area contributed by atoms with E-state index in [1.54, 1.807) is 13.8 Å². The summed E-state index contributed by atoms with van der Waals surface area (Å²) < 4.78 is 43.6. The molecule has 0 spiro atoms. The normalized spacial score (nSPS) is 11.4. The van der Waals surface area contributed by atoms with Crippen LogP contribution in [0, 0.1) is 12.3 Å². The number of ether oxygens (including phenoxy) is 2. The van der Waals surface area contributed by atoms with Crippen LogP contribution in [0.1, 0.15) is 20.3 Å². The molecule has 17 heavy (non-hydrogen) atoms. The van der Waals surface area contributed by atoms with E-state index in [2.05, 4.69) is 4.74 Å². The van der Waals surface area contributed by atoms with Gasteiger partial charge in [0.05, 0.1) is 19.1 Å². The molecule has 0 aliphatic carbocycles. The molecule has 0 rings (SSSR count). The Morgan fingerprint density at radius 3 is 2.29 bits per heavy atom. The smallest absolute Gasteiger partial charge is 0.465 e. The summed E-state index contributed by atoms with van der Waals surface area (Å²) in [5.41, 5.74) is 0. The maximum absolute atomic E-state index is 11.7. The molecule has 0 atom stereocenters. The van der Waals surface area contributed by atoms with Crippen molar-refractivity contribution in [2.45, 2.75) is 26.4 Å². The van der Waals surface area contributed by atoms with E-state index in [-0.39, 0.29) is 24.9 Å². The third-order valence-electron chi connectivity index (χ3n) is 1.60. The predicted octanol–water partition coefficient (Wildman–Crippen LogP) is 1.89. The first-order valence-electron chi connectivity index (χ1n) is 4.97. The highest BCUT2D eigenvalue weighted by Gasteiger charge is 2.40. The molecule has 7 heteroatoms. The molecule has 0 bridgehead atoms. The van der Waals surface area contributed by atoms with Crippen LogP contribution in [0.25, 0.3) is 0 Å². The number of halogens is 3. The van der Waals surface area contributed by atoms with Gasteiger partial charge in [-0.1, -0.05) is 13.8 Å².